The van der Waals surface area contributed by atoms with Crippen LogP contribution in [0.4, 0.5) is 0 Å². The molecule has 0 saturated heterocycles. The van der Waals surface area contributed by atoms with E-state index in [0.29, 0.717) is 21.1 Å². The number of carbonyl (C=O) groups excluding carboxylic acids is 1. The highest BCUT2D eigenvalue weighted by Gasteiger charge is 2.22. The Morgan fingerprint density at radius 3 is 2.38 bits per heavy atom. The van der Waals surface area contributed by atoms with Crippen LogP contribution in [0.15, 0.2) is 70.6 Å². The SMILES string of the molecule is Cc1sc2nc(SCC(=O)NC(Cc3ccccc3)C(=O)O)n(-c3ccccc3)c(=O)c2c1C. The van der Waals surface area contributed by atoms with Crippen molar-refractivity contribution in [3.8, 4) is 5.69 Å². The van der Waals surface area contributed by atoms with Crippen LogP contribution in [0, 0.1) is 13.8 Å². The molecule has 1 amide bonds. The minimum Gasteiger partial charge on any atom is -0.480 e. The highest BCUT2D eigenvalue weighted by Crippen LogP contribution is 2.29. The number of carboxylic acid groups (broad SMARTS) is 1. The lowest BCUT2D eigenvalue weighted by Crippen LogP contribution is -2.43. The van der Waals surface area contributed by atoms with Crippen LogP contribution in [-0.2, 0) is 16.0 Å². The van der Waals surface area contributed by atoms with Crippen molar-refractivity contribution in [3.05, 3.63) is 87.0 Å². The van der Waals surface area contributed by atoms with Gasteiger partial charge in [0.05, 0.1) is 16.8 Å². The fourth-order valence-corrected chi connectivity index (χ4v) is 5.49. The molecule has 1 unspecified atom stereocenters. The van der Waals surface area contributed by atoms with Gasteiger partial charge in [0.15, 0.2) is 5.16 Å². The molecule has 0 bridgehead atoms. The predicted molar refractivity (Wildman–Crippen MR) is 135 cm³/mol. The summed E-state index contributed by atoms with van der Waals surface area (Å²) in [5, 5.41) is 13.1. The average molecular weight is 494 g/mol. The Kier molecular flexibility index (Phi) is 7.14. The highest BCUT2D eigenvalue weighted by molar-refractivity contribution is 7.99. The topological polar surface area (TPSA) is 101 Å². The molecule has 2 heterocycles. The molecular weight excluding hydrogens is 470 g/mol. The third-order valence-corrected chi connectivity index (χ3v) is 7.47. The zero-order valence-corrected chi connectivity index (χ0v) is 20.3. The molecule has 0 aliphatic rings. The van der Waals surface area contributed by atoms with Gasteiger partial charge < -0.3 is 10.4 Å². The third-order valence-electron chi connectivity index (χ3n) is 5.43. The molecule has 0 radical (unpaired) electrons. The zero-order chi connectivity index (χ0) is 24.2. The Morgan fingerprint density at radius 2 is 1.74 bits per heavy atom. The fraction of sp³-hybridized carbons (Fsp3) is 0.200. The molecule has 2 aromatic carbocycles. The Hall–Kier alpha value is -3.43. The number of thiophene rings is 1. The molecule has 9 heteroatoms. The van der Waals surface area contributed by atoms with Gasteiger partial charge in [-0.25, -0.2) is 9.78 Å². The molecule has 4 rings (SSSR count). The summed E-state index contributed by atoms with van der Waals surface area (Å²) in [5.74, 6) is -1.62. The Bertz CT molecular complexity index is 1400. The molecule has 2 N–H and O–H groups in total. The molecule has 174 valence electrons. The van der Waals surface area contributed by atoms with Gasteiger partial charge in [-0.05, 0) is 37.1 Å². The van der Waals surface area contributed by atoms with Gasteiger partial charge in [-0.1, -0.05) is 60.3 Å². The molecule has 0 spiro atoms. The first kappa shape index (κ1) is 23.7. The van der Waals surface area contributed by atoms with Gasteiger partial charge in [0, 0.05) is 11.3 Å². The Balaban J connectivity index is 1.59. The number of amides is 1. The maximum atomic E-state index is 13.4. The molecule has 7 nitrogen and oxygen atoms in total. The van der Waals surface area contributed by atoms with Gasteiger partial charge in [0.1, 0.15) is 10.9 Å². The number of aromatic nitrogens is 2. The number of rotatable bonds is 8. The van der Waals surface area contributed by atoms with Crippen molar-refractivity contribution in [1.82, 2.24) is 14.9 Å². The quantitative estimate of drug-likeness (QED) is 0.285. The van der Waals surface area contributed by atoms with E-state index in [0.717, 1.165) is 27.8 Å². The van der Waals surface area contributed by atoms with Crippen LogP contribution in [0.5, 0.6) is 0 Å². The molecule has 1 atom stereocenters. The van der Waals surface area contributed by atoms with E-state index in [1.165, 1.54) is 15.9 Å². The minimum absolute atomic E-state index is 0.0767. The number of fused-ring (bicyclic) bond motifs is 1. The van der Waals surface area contributed by atoms with Crippen LogP contribution in [-0.4, -0.2) is 38.3 Å². The number of hydrogen-bond acceptors (Lipinski definition) is 6. The number of nitrogens with one attached hydrogen (secondary N) is 1. The first-order valence-corrected chi connectivity index (χ1v) is 12.4. The Labute approximate surface area is 204 Å². The van der Waals surface area contributed by atoms with Crippen molar-refractivity contribution < 1.29 is 14.7 Å². The molecule has 4 aromatic rings. The van der Waals surface area contributed by atoms with Crippen molar-refractivity contribution >= 4 is 45.2 Å². The fourth-order valence-electron chi connectivity index (χ4n) is 3.59. The van der Waals surface area contributed by atoms with E-state index in [-0.39, 0.29) is 17.7 Å². The van der Waals surface area contributed by atoms with Crippen LogP contribution in [0.1, 0.15) is 16.0 Å². The monoisotopic (exact) mass is 493 g/mol. The lowest BCUT2D eigenvalue weighted by molar-refractivity contribution is -0.141. The molecule has 0 saturated carbocycles. The van der Waals surface area contributed by atoms with Gasteiger partial charge in [0.25, 0.3) is 5.56 Å². The number of aryl methyl sites for hydroxylation is 2. The maximum absolute atomic E-state index is 13.4. The van der Waals surface area contributed by atoms with Gasteiger partial charge in [-0.15, -0.1) is 11.3 Å². The second-order valence-corrected chi connectivity index (χ2v) is 9.92. The largest absolute Gasteiger partial charge is 0.480 e. The van der Waals surface area contributed by atoms with Gasteiger partial charge in [-0.3, -0.25) is 14.2 Å². The lowest BCUT2D eigenvalue weighted by Gasteiger charge is -2.15. The molecule has 0 fully saturated rings. The van der Waals surface area contributed by atoms with Crippen LogP contribution < -0.4 is 10.9 Å². The standard InChI is InChI=1S/C25H23N3O4S2/c1-15-16(2)34-22-21(15)23(30)28(18-11-7-4-8-12-18)25(27-22)33-14-20(29)26-19(24(31)32)13-17-9-5-3-6-10-17/h3-12,19H,13-14H2,1-2H3,(H,26,29)(H,31,32). The molecule has 34 heavy (non-hydrogen) atoms. The molecule has 0 aliphatic carbocycles. The van der Waals surface area contributed by atoms with E-state index in [2.05, 4.69) is 5.32 Å². The molecule has 0 aliphatic heterocycles. The normalized spacial score (nSPS) is 11.9. The van der Waals surface area contributed by atoms with E-state index < -0.39 is 17.9 Å². The van der Waals surface area contributed by atoms with Crippen molar-refractivity contribution in [3.63, 3.8) is 0 Å². The summed E-state index contributed by atoms with van der Waals surface area (Å²) in [6.07, 6.45) is 0.180. The summed E-state index contributed by atoms with van der Waals surface area (Å²) in [6.45, 7) is 3.86. The number of carboxylic acids is 1. The highest BCUT2D eigenvalue weighted by atomic mass is 32.2. The van der Waals surface area contributed by atoms with Crippen LogP contribution in [0.25, 0.3) is 15.9 Å². The number of para-hydroxylation sites is 1. The number of thioether (sulfide) groups is 1. The van der Waals surface area contributed by atoms with E-state index >= 15 is 0 Å². The van der Waals surface area contributed by atoms with E-state index in [1.54, 1.807) is 0 Å². The second kappa shape index (κ2) is 10.2. The van der Waals surface area contributed by atoms with Gasteiger partial charge >= 0.3 is 5.97 Å². The van der Waals surface area contributed by atoms with E-state index in [1.807, 2.05) is 74.5 Å². The summed E-state index contributed by atoms with van der Waals surface area (Å²) < 4.78 is 1.51. The number of hydrogen-bond donors (Lipinski definition) is 2. The van der Waals surface area contributed by atoms with E-state index in [4.69, 9.17) is 4.98 Å². The van der Waals surface area contributed by atoms with Crippen molar-refractivity contribution in [2.24, 2.45) is 0 Å². The number of carbonyl (C=O) groups is 2. The lowest BCUT2D eigenvalue weighted by atomic mass is 10.1. The number of aliphatic carboxylic acids is 1. The van der Waals surface area contributed by atoms with Crippen LogP contribution in [0.3, 0.4) is 0 Å². The van der Waals surface area contributed by atoms with E-state index in [9.17, 15) is 19.5 Å². The summed E-state index contributed by atoms with van der Waals surface area (Å²) in [5.41, 5.74) is 2.19. The first-order valence-electron chi connectivity index (χ1n) is 10.6. The summed E-state index contributed by atoms with van der Waals surface area (Å²) in [7, 11) is 0. The Morgan fingerprint density at radius 1 is 1.09 bits per heavy atom. The molecule has 2 aromatic heterocycles. The summed E-state index contributed by atoms with van der Waals surface area (Å²) in [6, 6.07) is 17.2. The third kappa shape index (κ3) is 5.05. The summed E-state index contributed by atoms with van der Waals surface area (Å²) in [4.78, 5) is 44.1. The van der Waals surface area contributed by atoms with Crippen LogP contribution >= 0.6 is 23.1 Å². The van der Waals surface area contributed by atoms with Gasteiger partial charge in [-0.2, -0.15) is 0 Å². The average Bonchev–Trinajstić information content (AvgIpc) is 3.12. The second-order valence-electron chi connectivity index (χ2n) is 7.77. The van der Waals surface area contributed by atoms with Crippen molar-refractivity contribution in [1.29, 1.82) is 0 Å². The van der Waals surface area contributed by atoms with Crippen molar-refractivity contribution in [2.45, 2.75) is 31.5 Å². The van der Waals surface area contributed by atoms with Crippen molar-refractivity contribution in [2.75, 3.05) is 5.75 Å². The number of benzene rings is 2. The number of nitrogens with zero attached hydrogens (tertiary/aromatic N) is 2. The summed E-state index contributed by atoms with van der Waals surface area (Å²) >= 11 is 2.55. The van der Waals surface area contributed by atoms with Gasteiger partial charge in [0.2, 0.25) is 5.91 Å². The zero-order valence-electron chi connectivity index (χ0n) is 18.6. The smallest absolute Gasteiger partial charge is 0.326 e. The minimum atomic E-state index is -1.10. The van der Waals surface area contributed by atoms with Crippen LogP contribution in [0.2, 0.25) is 0 Å². The predicted octanol–water partition coefficient (Wildman–Crippen LogP) is 3.97. The molecular formula is C25H23N3O4S2. The first-order chi connectivity index (χ1) is 16.3. The maximum Gasteiger partial charge on any atom is 0.326 e.